The minimum Gasteiger partial charge on any atom is -0.409 e. The maximum atomic E-state index is 12.3. The molecule has 1 aliphatic carbocycles. The van der Waals surface area contributed by atoms with E-state index in [1.54, 1.807) is 12.1 Å². The zero-order valence-corrected chi connectivity index (χ0v) is 11.8. The first-order valence-electron chi connectivity index (χ1n) is 6.76. The molecule has 108 valence electrons. The molecule has 0 aliphatic heterocycles. The Hall–Kier alpha value is -2.04. The van der Waals surface area contributed by atoms with Gasteiger partial charge in [-0.05, 0) is 23.3 Å². The van der Waals surface area contributed by atoms with Crippen LogP contribution in [0.5, 0.6) is 0 Å². The van der Waals surface area contributed by atoms with Crippen LogP contribution < -0.4 is 11.1 Å². The lowest BCUT2D eigenvalue weighted by atomic mass is 9.97. The molecule has 1 amide bonds. The predicted molar refractivity (Wildman–Crippen MR) is 77.5 cm³/mol. The van der Waals surface area contributed by atoms with Crippen molar-refractivity contribution in [2.75, 3.05) is 6.54 Å². The molecule has 1 aromatic carbocycles. The van der Waals surface area contributed by atoms with Gasteiger partial charge in [0.05, 0.1) is 0 Å². The third-order valence-electron chi connectivity index (χ3n) is 4.05. The van der Waals surface area contributed by atoms with Gasteiger partial charge in [-0.15, -0.1) is 0 Å². The molecule has 5 heteroatoms. The topological polar surface area (TPSA) is 87.7 Å². The fraction of sp³-hybridized carbons (Fsp3) is 0.467. The van der Waals surface area contributed by atoms with Crippen molar-refractivity contribution >= 4 is 11.7 Å². The number of hydrogen-bond acceptors (Lipinski definition) is 3. The molecule has 0 spiro atoms. The van der Waals surface area contributed by atoms with Gasteiger partial charge in [0, 0.05) is 6.54 Å². The Morgan fingerprint density at radius 1 is 1.50 bits per heavy atom. The summed E-state index contributed by atoms with van der Waals surface area (Å²) in [5.74, 6) is -0.559. The van der Waals surface area contributed by atoms with E-state index in [1.165, 1.54) is 0 Å². The molecule has 2 unspecified atom stereocenters. The van der Waals surface area contributed by atoms with Crippen LogP contribution in [-0.2, 0) is 4.79 Å². The fourth-order valence-electron chi connectivity index (χ4n) is 2.41. The molecular weight excluding hydrogens is 254 g/mol. The second kappa shape index (κ2) is 5.53. The first-order chi connectivity index (χ1) is 9.45. The molecule has 0 bridgehead atoms. The number of benzene rings is 1. The van der Waals surface area contributed by atoms with Crippen molar-refractivity contribution in [3.63, 3.8) is 0 Å². The Balaban J connectivity index is 2.06. The van der Waals surface area contributed by atoms with Crippen LogP contribution in [0.1, 0.15) is 31.7 Å². The van der Waals surface area contributed by atoms with Crippen molar-refractivity contribution in [1.29, 1.82) is 0 Å². The number of rotatable bonds is 5. The van der Waals surface area contributed by atoms with Crippen LogP contribution in [0.25, 0.3) is 0 Å². The smallest absolute Gasteiger partial charge is 0.235 e. The average Bonchev–Trinajstić information content (AvgIpc) is 3.05. The summed E-state index contributed by atoms with van der Waals surface area (Å²) in [4.78, 5) is 12.3. The predicted octanol–water partition coefficient (Wildman–Crippen LogP) is 1.68. The number of hydrogen-bond donors (Lipinski definition) is 3. The Morgan fingerprint density at radius 3 is 2.60 bits per heavy atom. The largest absolute Gasteiger partial charge is 0.409 e. The number of nitrogens with one attached hydrogen (secondary N) is 1. The lowest BCUT2D eigenvalue weighted by Gasteiger charge is -2.16. The number of carbonyl (C=O) groups is 1. The molecule has 0 aromatic heterocycles. The number of amidine groups is 1. The van der Waals surface area contributed by atoms with E-state index in [9.17, 15) is 4.79 Å². The standard InChI is InChI=1S/C15H21N3O2/c1-15(2)8-11(15)9-17-14(19)12(13(16)18-20)10-6-4-3-5-7-10/h3-7,11-12,20H,8-9H2,1-2H3,(H2,16,18)(H,17,19). The zero-order valence-electron chi connectivity index (χ0n) is 11.8. The minimum atomic E-state index is -0.747. The van der Waals surface area contributed by atoms with E-state index in [1.807, 2.05) is 18.2 Å². The van der Waals surface area contributed by atoms with Gasteiger partial charge in [-0.3, -0.25) is 4.79 Å². The van der Waals surface area contributed by atoms with Gasteiger partial charge in [0.2, 0.25) is 5.91 Å². The van der Waals surface area contributed by atoms with E-state index >= 15 is 0 Å². The molecule has 1 aliphatic rings. The third kappa shape index (κ3) is 3.10. The van der Waals surface area contributed by atoms with Crippen LogP contribution in [0.2, 0.25) is 0 Å². The van der Waals surface area contributed by atoms with E-state index < -0.39 is 5.92 Å². The van der Waals surface area contributed by atoms with E-state index in [2.05, 4.69) is 24.3 Å². The second-order valence-electron chi connectivity index (χ2n) is 6.00. The van der Waals surface area contributed by atoms with Gasteiger partial charge in [0.1, 0.15) is 5.92 Å². The Kier molecular flexibility index (Phi) is 3.97. The Bertz CT molecular complexity index is 511. The number of nitrogens with zero attached hydrogens (tertiary/aromatic N) is 1. The lowest BCUT2D eigenvalue weighted by molar-refractivity contribution is -0.121. The van der Waals surface area contributed by atoms with Crippen LogP contribution in [0.3, 0.4) is 0 Å². The molecule has 0 saturated heterocycles. The van der Waals surface area contributed by atoms with Crippen LogP contribution in [-0.4, -0.2) is 23.5 Å². The molecule has 1 aromatic rings. The van der Waals surface area contributed by atoms with Gasteiger partial charge in [-0.25, -0.2) is 0 Å². The van der Waals surface area contributed by atoms with Gasteiger partial charge in [-0.2, -0.15) is 0 Å². The molecule has 1 fully saturated rings. The molecular formula is C15H21N3O2. The first kappa shape index (κ1) is 14.4. The summed E-state index contributed by atoms with van der Waals surface area (Å²) >= 11 is 0. The van der Waals surface area contributed by atoms with Crippen LogP contribution in [0.4, 0.5) is 0 Å². The van der Waals surface area contributed by atoms with Crippen LogP contribution in [0.15, 0.2) is 35.5 Å². The second-order valence-corrected chi connectivity index (χ2v) is 6.00. The Labute approximate surface area is 118 Å². The maximum Gasteiger partial charge on any atom is 0.235 e. The van der Waals surface area contributed by atoms with Crippen molar-refractivity contribution in [3.05, 3.63) is 35.9 Å². The highest BCUT2D eigenvalue weighted by Gasteiger charge is 2.45. The molecule has 4 N–H and O–H groups in total. The summed E-state index contributed by atoms with van der Waals surface area (Å²) in [6.07, 6.45) is 1.12. The number of amides is 1. The van der Waals surface area contributed by atoms with Crippen molar-refractivity contribution in [3.8, 4) is 0 Å². The monoisotopic (exact) mass is 275 g/mol. The quantitative estimate of drug-likeness (QED) is 0.330. The zero-order chi connectivity index (χ0) is 14.8. The molecule has 2 atom stereocenters. The minimum absolute atomic E-state index is 0.0937. The van der Waals surface area contributed by atoms with E-state index in [4.69, 9.17) is 10.9 Å². The fourth-order valence-corrected chi connectivity index (χ4v) is 2.41. The van der Waals surface area contributed by atoms with Gasteiger partial charge >= 0.3 is 0 Å². The lowest BCUT2D eigenvalue weighted by Crippen LogP contribution is -2.38. The van der Waals surface area contributed by atoms with Crippen molar-refractivity contribution in [2.45, 2.75) is 26.2 Å². The van der Waals surface area contributed by atoms with Gasteiger partial charge in [-0.1, -0.05) is 49.3 Å². The molecule has 0 heterocycles. The summed E-state index contributed by atoms with van der Waals surface area (Å²) in [7, 11) is 0. The van der Waals surface area contributed by atoms with Crippen molar-refractivity contribution in [1.82, 2.24) is 5.32 Å². The molecule has 5 nitrogen and oxygen atoms in total. The molecule has 20 heavy (non-hydrogen) atoms. The van der Waals surface area contributed by atoms with Crippen molar-refractivity contribution < 1.29 is 10.0 Å². The highest BCUT2D eigenvalue weighted by molar-refractivity contribution is 6.07. The van der Waals surface area contributed by atoms with Crippen LogP contribution in [0, 0.1) is 11.3 Å². The van der Waals surface area contributed by atoms with E-state index in [0.717, 1.165) is 12.0 Å². The summed E-state index contributed by atoms with van der Waals surface area (Å²) in [6, 6.07) is 9.10. The highest BCUT2D eigenvalue weighted by atomic mass is 16.4. The van der Waals surface area contributed by atoms with Crippen LogP contribution >= 0.6 is 0 Å². The summed E-state index contributed by atoms with van der Waals surface area (Å²) in [5.41, 5.74) is 6.69. The molecule has 1 saturated carbocycles. The van der Waals surface area contributed by atoms with Crippen molar-refractivity contribution in [2.24, 2.45) is 22.2 Å². The molecule has 0 radical (unpaired) electrons. The van der Waals surface area contributed by atoms with E-state index in [-0.39, 0.29) is 11.7 Å². The maximum absolute atomic E-state index is 12.3. The summed E-state index contributed by atoms with van der Waals surface area (Å²) in [6.45, 7) is 5.00. The average molecular weight is 275 g/mol. The Morgan fingerprint density at radius 2 is 2.10 bits per heavy atom. The number of nitrogens with two attached hydrogens (primary N) is 1. The summed E-state index contributed by atoms with van der Waals surface area (Å²) in [5, 5.41) is 14.8. The first-order valence-corrected chi connectivity index (χ1v) is 6.76. The third-order valence-corrected chi connectivity index (χ3v) is 4.05. The van der Waals surface area contributed by atoms with Gasteiger partial charge in [0.15, 0.2) is 5.84 Å². The SMILES string of the molecule is CC1(C)CC1CNC(=O)C(/C(N)=N/O)c1ccccc1. The number of carbonyl (C=O) groups excluding carboxylic acids is 1. The molecule has 2 rings (SSSR count). The number of oxime groups is 1. The summed E-state index contributed by atoms with van der Waals surface area (Å²) < 4.78 is 0. The normalized spacial score (nSPS) is 22.1. The van der Waals surface area contributed by atoms with Gasteiger partial charge in [0.25, 0.3) is 0 Å². The van der Waals surface area contributed by atoms with Gasteiger partial charge < -0.3 is 16.3 Å². The highest BCUT2D eigenvalue weighted by Crippen LogP contribution is 2.51. The van der Waals surface area contributed by atoms with E-state index in [0.29, 0.717) is 17.9 Å².